The lowest BCUT2D eigenvalue weighted by Crippen LogP contribution is -2.51. The van der Waals surface area contributed by atoms with Gasteiger partial charge in [-0.15, -0.1) is 23.1 Å². The fourth-order valence-electron chi connectivity index (χ4n) is 4.27. The number of carbonyl (C=O) groups is 2. The van der Waals surface area contributed by atoms with Crippen LogP contribution in [0.5, 0.6) is 0 Å². The number of fused-ring (bicyclic) bond motifs is 1. The topological polar surface area (TPSA) is 52.7 Å². The van der Waals surface area contributed by atoms with Crippen LogP contribution in [0.3, 0.4) is 0 Å². The van der Waals surface area contributed by atoms with Crippen LogP contribution in [-0.4, -0.2) is 57.9 Å². The van der Waals surface area contributed by atoms with Gasteiger partial charge in [-0.25, -0.2) is 0 Å². The normalized spacial score (nSPS) is 30.7. The van der Waals surface area contributed by atoms with Crippen molar-refractivity contribution in [1.82, 2.24) is 15.1 Å². The van der Waals surface area contributed by atoms with Gasteiger partial charge >= 0.3 is 0 Å². The Morgan fingerprint density at radius 3 is 2.96 bits per heavy atom. The second kappa shape index (κ2) is 6.93. The molecule has 3 atom stereocenters. The van der Waals surface area contributed by atoms with Crippen LogP contribution in [-0.2, 0) is 9.59 Å². The molecule has 0 bridgehead atoms. The lowest BCUT2D eigenvalue weighted by Gasteiger charge is -2.31. The van der Waals surface area contributed by atoms with Gasteiger partial charge in [0, 0.05) is 23.6 Å². The molecule has 5 nitrogen and oxygen atoms in total. The van der Waals surface area contributed by atoms with Gasteiger partial charge in [-0.3, -0.25) is 14.5 Å². The molecule has 3 unspecified atom stereocenters. The fraction of sp³-hybridized carbons (Fsp3) is 0.667. The molecule has 136 valence electrons. The van der Waals surface area contributed by atoms with Crippen molar-refractivity contribution in [1.29, 1.82) is 0 Å². The highest BCUT2D eigenvalue weighted by Crippen LogP contribution is 2.47. The highest BCUT2D eigenvalue weighted by atomic mass is 32.2. The minimum Gasteiger partial charge on any atom is -0.352 e. The molecule has 0 aromatic carbocycles. The van der Waals surface area contributed by atoms with Gasteiger partial charge in [0.2, 0.25) is 11.8 Å². The fourth-order valence-corrected chi connectivity index (χ4v) is 6.57. The average Bonchev–Trinajstić information content (AvgIpc) is 3.35. The van der Waals surface area contributed by atoms with Gasteiger partial charge in [0.15, 0.2) is 0 Å². The molecule has 0 radical (unpaired) electrons. The summed E-state index contributed by atoms with van der Waals surface area (Å²) in [7, 11) is 0. The van der Waals surface area contributed by atoms with E-state index in [0.29, 0.717) is 18.7 Å². The number of hydrogen-bond acceptors (Lipinski definition) is 5. The highest BCUT2D eigenvalue weighted by Gasteiger charge is 2.52. The second-order valence-corrected chi connectivity index (χ2v) is 9.77. The zero-order valence-electron chi connectivity index (χ0n) is 14.6. The predicted octanol–water partition coefficient (Wildman–Crippen LogP) is 2.46. The van der Waals surface area contributed by atoms with E-state index in [4.69, 9.17) is 0 Å². The van der Waals surface area contributed by atoms with Crippen LogP contribution in [0, 0.1) is 0 Å². The number of hydrogen-bond donors (Lipinski definition) is 1. The van der Waals surface area contributed by atoms with Crippen molar-refractivity contribution in [2.24, 2.45) is 0 Å². The molecule has 1 aromatic heterocycles. The van der Waals surface area contributed by atoms with Gasteiger partial charge in [0.05, 0.1) is 10.9 Å². The second-order valence-electron chi connectivity index (χ2n) is 7.29. The Morgan fingerprint density at radius 2 is 2.24 bits per heavy atom. The van der Waals surface area contributed by atoms with Crippen LogP contribution in [0.25, 0.3) is 0 Å². The van der Waals surface area contributed by atoms with Crippen LogP contribution in [0.4, 0.5) is 0 Å². The first-order chi connectivity index (χ1) is 12.1. The summed E-state index contributed by atoms with van der Waals surface area (Å²) in [5.74, 6) is 0.843. The maximum Gasteiger partial charge on any atom is 0.243 e. The summed E-state index contributed by atoms with van der Waals surface area (Å²) in [5, 5.41) is 5.26. The van der Waals surface area contributed by atoms with E-state index in [0.717, 1.165) is 19.5 Å². The number of rotatable bonds is 5. The summed E-state index contributed by atoms with van der Waals surface area (Å²) < 4.78 is 0. The van der Waals surface area contributed by atoms with Crippen molar-refractivity contribution in [2.75, 3.05) is 25.4 Å². The number of likely N-dealkylation sites (tertiary alicyclic amines) is 1. The molecule has 1 aromatic rings. The third-order valence-corrected chi connectivity index (χ3v) is 8.15. The van der Waals surface area contributed by atoms with Gasteiger partial charge in [0.25, 0.3) is 0 Å². The smallest absolute Gasteiger partial charge is 0.243 e. The lowest BCUT2D eigenvalue weighted by atomic mass is 10.2. The molecule has 0 spiro atoms. The standard InChI is InChI=1S/C18H25N3O2S2/c1-18-7-6-16(22)21(18)14(12-25-18)17(23)19-11-13(15-5-4-10-24-15)20-8-2-3-9-20/h4-5,10,13-14H,2-3,6-9,11-12H2,1H3,(H,19,23). The Balaban J connectivity index is 1.42. The van der Waals surface area contributed by atoms with E-state index < -0.39 is 0 Å². The number of nitrogens with one attached hydrogen (secondary N) is 1. The molecule has 0 saturated carbocycles. The zero-order valence-corrected chi connectivity index (χ0v) is 16.2. The summed E-state index contributed by atoms with van der Waals surface area (Å²) in [6.45, 7) is 4.91. The van der Waals surface area contributed by atoms with Crippen molar-refractivity contribution in [3.63, 3.8) is 0 Å². The molecule has 25 heavy (non-hydrogen) atoms. The predicted molar refractivity (Wildman–Crippen MR) is 102 cm³/mol. The van der Waals surface area contributed by atoms with Gasteiger partial charge in [0.1, 0.15) is 6.04 Å². The van der Waals surface area contributed by atoms with E-state index in [-0.39, 0.29) is 28.8 Å². The Bertz CT molecular complexity index is 645. The molecule has 4 rings (SSSR count). The van der Waals surface area contributed by atoms with Crippen LogP contribution in [0.15, 0.2) is 17.5 Å². The summed E-state index contributed by atoms with van der Waals surface area (Å²) in [6.07, 6.45) is 3.89. The van der Waals surface area contributed by atoms with Crippen LogP contribution in [0.1, 0.15) is 43.5 Å². The number of thiophene rings is 1. The van der Waals surface area contributed by atoms with Crippen molar-refractivity contribution in [3.8, 4) is 0 Å². The quantitative estimate of drug-likeness (QED) is 0.854. The van der Waals surface area contributed by atoms with Crippen LogP contribution in [0.2, 0.25) is 0 Å². The number of thioether (sulfide) groups is 1. The minimum atomic E-state index is -0.312. The lowest BCUT2D eigenvalue weighted by molar-refractivity contribution is -0.138. The molecular weight excluding hydrogens is 354 g/mol. The van der Waals surface area contributed by atoms with Gasteiger partial charge in [-0.2, -0.15) is 0 Å². The van der Waals surface area contributed by atoms with Gasteiger partial charge in [-0.1, -0.05) is 6.07 Å². The zero-order chi connectivity index (χ0) is 17.4. The first-order valence-corrected chi connectivity index (χ1v) is 11.0. The number of carbonyl (C=O) groups excluding carboxylic acids is 2. The summed E-state index contributed by atoms with van der Waals surface area (Å²) in [6, 6.07) is 4.17. The molecule has 2 amide bonds. The van der Waals surface area contributed by atoms with Crippen molar-refractivity contribution < 1.29 is 9.59 Å². The molecule has 4 heterocycles. The van der Waals surface area contributed by atoms with Crippen LogP contribution >= 0.6 is 23.1 Å². The summed E-state index contributed by atoms with van der Waals surface area (Å²) in [5.41, 5.74) is 0. The molecule has 7 heteroatoms. The maximum atomic E-state index is 12.8. The third-order valence-electron chi connectivity index (χ3n) is 5.67. The van der Waals surface area contributed by atoms with Crippen molar-refractivity contribution in [2.45, 2.75) is 49.6 Å². The van der Waals surface area contributed by atoms with Gasteiger partial charge < -0.3 is 10.2 Å². The maximum absolute atomic E-state index is 12.8. The first-order valence-electron chi connectivity index (χ1n) is 9.10. The van der Waals surface area contributed by atoms with E-state index in [1.54, 1.807) is 23.1 Å². The average molecular weight is 380 g/mol. The first kappa shape index (κ1) is 17.4. The Morgan fingerprint density at radius 1 is 1.44 bits per heavy atom. The van der Waals surface area contributed by atoms with Crippen molar-refractivity contribution in [3.05, 3.63) is 22.4 Å². The van der Waals surface area contributed by atoms with Gasteiger partial charge in [-0.05, 0) is 50.7 Å². The molecular formula is C18H25N3O2S2. The van der Waals surface area contributed by atoms with Crippen molar-refractivity contribution >= 4 is 34.9 Å². The molecule has 3 saturated heterocycles. The molecule has 3 fully saturated rings. The molecule has 1 N–H and O–H groups in total. The van der Waals surface area contributed by atoms with E-state index in [9.17, 15) is 9.59 Å². The van der Waals surface area contributed by atoms with E-state index in [2.05, 4.69) is 34.7 Å². The molecule has 0 aliphatic carbocycles. The number of nitrogens with zero attached hydrogens (tertiary/aromatic N) is 2. The molecule has 3 aliphatic rings. The van der Waals surface area contributed by atoms with E-state index >= 15 is 0 Å². The Kier molecular flexibility index (Phi) is 4.81. The third kappa shape index (κ3) is 3.22. The highest BCUT2D eigenvalue weighted by molar-refractivity contribution is 8.01. The van der Waals surface area contributed by atoms with E-state index in [1.807, 2.05) is 4.90 Å². The Hall–Kier alpha value is -1.05. The molecule has 3 aliphatic heterocycles. The monoisotopic (exact) mass is 379 g/mol. The number of amides is 2. The summed E-state index contributed by atoms with van der Waals surface area (Å²) in [4.78, 5) is 30.5. The Labute approximate surface area is 157 Å². The minimum absolute atomic E-state index is 0.00669. The van der Waals surface area contributed by atoms with Crippen LogP contribution < -0.4 is 5.32 Å². The SMILES string of the molecule is CC12CCC(=O)N1C(C(=O)NCC(c1cccs1)N1CCCC1)CS2. The van der Waals surface area contributed by atoms with E-state index in [1.165, 1.54) is 17.7 Å². The largest absolute Gasteiger partial charge is 0.352 e. The summed E-state index contributed by atoms with van der Waals surface area (Å²) >= 11 is 3.50.